The largest absolute Gasteiger partial charge is 0.472 e. The first-order valence-electron chi connectivity index (χ1n) is 12.1. The smallest absolute Gasteiger partial charge is 0.259 e. The number of hydrogen-bond donors (Lipinski definition) is 1. The van der Waals surface area contributed by atoms with Gasteiger partial charge in [-0.3, -0.25) is 14.6 Å². The lowest BCUT2D eigenvalue weighted by molar-refractivity contribution is 0.0313. The molecule has 0 unspecified atom stereocenters. The summed E-state index contributed by atoms with van der Waals surface area (Å²) in [5, 5.41) is 9.87. The van der Waals surface area contributed by atoms with Gasteiger partial charge in [0.25, 0.3) is 11.8 Å². The van der Waals surface area contributed by atoms with E-state index in [4.69, 9.17) is 4.74 Å². The fourth-order valence-corrected chi connectivity index (χ4v) is 4.29. The van der Waals surface area contributed by atoms with Crippen molar-refractivity contribution in [1.29, 1.82) is 0 Å². The maximum atomic E-state index is 13.6. The summed E-state index contributed by atoms with van der Waals surface area (Å²) in [7, 11) is 1.72. The Bertz CT molecular complexity index is 1220. The Labute approximate surface area is 211 Å². The SMILES string of the molecule is Cc1ccc(-c2cnc3c(c2)C(=O)N([C@H](C)CO)C[C@H](C)[C@@H](CN(C)C(=O)c2cccnc2)O3)cc1. The average molecular weight is 489 g/mol. The number of aliphatic hydroxyl groups is 1. The minimum Gasteiger partial charge on any atom is -0.472 e. The fourth-order valence-electron chi connectivity index (χ4n) is 4.29. The van der Waals surface area contributed by atoms with Crippen LogP contribution in [-0.2, 0) is 0 Å². The summed E-state index contributed by atoms with van der Waals surface area (Å²) in [6.07, 6.45) is 4.44. The highest BCUT2D eigenvalue weighted by Crippen LogP contribution is 2.30. The van der Waals surface area contributed by atoms with E-state index >= 15 is 0 Å². The number of carbonyl (C=O) groups excluding carboxylic acids is 2. The third kappa shape index (κ3) is 5.39. The number of carbonyl (C=O) groups is 2. The van der Waals surface area contributed by atoms with Gasteiger partial charge in [-0.15, -0.1) is 0 Å². The highest BCUT2D eigenvalue weighted by Gasteiger charge is 2.35. The van der Waals surface area contributed by atoms with Gasteiger partial charge in [0, 0.05) is 43.7 Å². The average Bonchev–Trinajstić information content (AvgIpc) is 2.90. The first-order valence-corrected chi connectivity index (χ1v) is 12.1. The molecule has 1 aromatic carbocycles. The lowest BCUT2D eigenvalue weighted by Crippen LogP contribution is -2.50. The van der Waals surface area contributed by atoms with Crippen LogP contribution in [0.5, 0.6) is 5.88 Å². The van der Waals surface area contributed by atoms with Crippen LogP contribution < -0.4 is 4.74 Å². The van der Waals surface area contributed by atoms with E-state index < -0.39 is 6.10 Å². The van der Waals surface area contributed by atoms with Crippen LogP contribution in [0.3, 0.4) is 0 Å². The molecule has 0 radical (unpaired) electrons. The Morgan fingerprint density at radius 2 is 1.97 bits per heavy atom. The topological polar surface area (TPSA) is 95.9 Å². The molecular weight excluding hydrogens is 456 g/mol. The molecule has 1 aliphatic heterocycles. The molecular formula is C28H32N4O4. The van der Waals surface area contributed by atoms with E-state index in [0.29, 0.717) is 24.2 Å². The Hall–Kier alpha value is -3.78. The van der Waals surface area contributed by atoms with Crippen molar-refractivity contribution in [3.63, 3.8) is 0 Å². The minimum atomic E-state index is -0.423. The van der Waals surface area contributed by atoms with Crippen LogP contribution in [0, 0.1) is 12.8 Å². The number of aliphatic hydroxyl groups excluding tert-OH is 1. The summed E-state index contributed by atoms with van der Waals surface area (Å²) in [6.45, 7) is 6.31. The Morgan fingerprint density at radius 1 is 1.22 bits per heavy atom. The van der Waals surface area contributed by atoms with E-state index in [1.807, 2.05) is 45.0 Å². The molecule has 0 fully saturated rings. The summed E-state index contributed by atoms with van der Waals surface area (Å²) < 4.78 is 6.32. The maximum Gasteiger partial charge on any atom is 0.259 e. The molecule has 36 heavy (non-hydrogen) atoms. The molecule has 1 N–H and O–H groups in total. The number of fused-ring (bicyclic) bond motifs is 1. The molecule has 0 aliphatic carbocycles. The third-order valence-electron chi connectivity index (χ3n) is 6.61. The second-order valence-electron chi connectivity index (χ2n) is 9.49. The first kappa shape index (κ1) is 25.3. The molecule has 0 spiro atoms. The molecule has 0 bridgehead atoms. The number of aryl methyl sites for hydroxylation is 1. The molecule has 1 aliphatic rings. The van der Waals surface area contributed by atoms with Crippen LogP contribution in [-0.4, -0.2) is 75.6 Å². The van der Waals surface area contributed by atoms with E-state index in [1.165, 1.54) is 6.20 Å². The molecule has 8 nitrogen and oxygen atoms in total. The summed E-state index contributed by atoms with van der Waals surface area (Å²) in [6, 6.07) is 12.9. The van der Waals surface area contributed by atoms with Crippen molar-refractivity contribution in [2.75, 3.05) is 26.7 Å². The van der Waals surface area contributed by atoms with Gasteiger partial charge in [0.2, 0.25) is 5.88 Å². The number of pyridine rings is 2. The van der Waals surface area contributed by atoms with Crippen LogP contribution in [0.25, 0.3) is 11.1 Å². The zero-order valence-electron chi connectivity index (χ0n) is 21.1. The lowest BCUT2D eigenvalue weighted by atomic mass is 9.99. The van der Waals surface area contributed by atoms with E-state index in [-0.39, 0.29) is 36.3 Å². The van der Waals surface area contributed by atoms with Gasteiger partial charge in [-0.25, -0.2) is 4.98 Å². The first-order chi connectivity index (χ1) is 17.3. The van der Waals surface area contributed by atoms with Gasteiger partial charge in [0.15, 0.2) is 0 Å². The van der Waals surface area contributed by atoms with Gasteiger partial charge >= 0.3 is 0 Å². The van der Waals surface area contributed by atoms with Crippen molar-refractivity contribution < 1.29 is 19.4 Å². The number of hydrogen-bond acceptors (Lipinski definition) is 6. The minimum absolute atomic E-state index is 0.126. The van der Waals surface area contributed by atoms with Gasteiger partial charge < -0.3 is 19.6 Å². The van der Waals surface area contributed by atoms with Gasteiger partial charge in [-0.05, 0) is 37.6 Å². The van der Waals surface area contributed by atoms with Crippen molar-refractivity contribution in [3.8, 4) is 17.0 Å². The highest BCUT2D eigenvalue weighted by molar-refractivity contribution is 5.98. The van der Waals surface area contributed by atoms with E-state index in [0.717, 1.165) is 16.7 Å². The molecule has 2 aromatic heterocycles. The molecule has 3 heterocycles. The predicted octanol–water partition coefficient (Wildman–Crippen LogP) is 3.44. The highest BCUT2D eigenvalue weighted by atomic mass is 16.5. The van der Waals surface area contributed by atoms with Crippen molar-refractivity contribution in [1.82, 2.24) is 19.8 Å². The normalized spacial score (nSPS) is 18.5. The third-order valence-corrected chi connectivity index (χ3v) is 6.61. The van der Waals surface area contributed by atoms with E-state index in [2.05, 4.69) is 9.97 Å². The second kappa shape index (κ2) is 10.9. The monoisotopic (exact) mass is 488 g/mol. The Kier molecular flexibility index (Phi) is 7.64. The molecule has 0 saturated carbocycles. The maximum absolute atomic E-state index is 13.6. The lowest BCUT2D eigenvalue weighted by Gasteiger charge is -2.37. The van der Waals surface area contributed by atoms with Crippen LogP contribution in [0.2, 0.25) is 0 Å². The van der Waals surface area contributed by atoms with Gasteiger partial charge in [0.1, 0.15) is 11.7 Å². The van der Waals surface area contributed by atoms with E-state index in [9.17, 15) is 14.7 Å². The van der Waals surface area contributed by atoms with Crippen molar-refractivity contribution in [2.45, 2.75) is 32.9 Å². The summed E-state index contributed by atoms with van der Waals surface area (Å²) >= 11 is 0. The predicted molar refractivity (Wildman–Crippen MR) is 137 cm³/mol. The van der Waals surface area contributed by atoms with Crippen LogP contribution >= 0.6 is 0 Å². The van der Waals surface area contributed by atoms with Crippen LogP contribution in [0.15, 0.2) is 61.1 Å². The molecule has 3 atom stereocenters. The molecule has 0 saturated heterocycles. The van der Waals surface area contributed by atoms with E-state index in [1.54, 1.807) is 47.4 Å². The Balaban J connectivity index is 1.68. The fraction of sp³-hybridized carbons (Fsp3) is 0.357. The zero-order chi connectivity index (χ0) is 25.8. The number of ether oxygens (including phenoxy) is 1. The van der Waals surface area contributed by atoms with Gasteiger partial charge in [-0.1, -0.05) is 36.8 Å². The number of aromatic nitrogens is 2. The standard InChI is InChI=1S/C28H32N4O4/c1-18-7-9-21(10-8-18)23-12-24-26(30-14-23)36-25(19(2)15-32(28(24)35)20(3)17-33)16-31(4)27(34)22-6-5-11-29-13-22/h5-14,19-20,25,33H,15-17H2,1-4H3/t19-,20+,25+/m0/s1. The van der Waals surface area contributed by atoms with Crippen molar-refractivity contribution in [3.05, 3.63) is 77.7 Å². The van der Waals surface area contributed by atoms with Crippen LogP contribution in [0.1, 0.15) is 40.1 Å². The molecule has 4 rings (SSSR count). The number of rotatable bonds is 6. The number of likely N-dealkylation sites (N-methyl/N-ethyl adjacent to an activating group) is 1. The quantitative estimate of drug-likeness (QED) is 0.571. The van der Waals surface area contributed by atoms with Crippen LogP contribution in [0.4, 0.5) is 0 Å². The van der Waals surface area contributed by atoms with Gasteiger partial charge in [-0.2, -0.15) is 0 Å². The number of nitrogens with zero attached hydrogens (tertiary/aromatic N) is 4. The second-order valence-corrected chi connectivity index (χ2v) is 9.49. The van der Waals surface area contributed by atoms with Crippen molar-refractivity contribution in [2.24, 2.45) is 5.92 Å². The molecule has 3 aromatic rings. The zero-order valence-corrected chi connectivity index (χ0v) is 21.1. The summed E-state index contributed by atoms with van der Waals surface area (Å²) in [4.78, 5) is 38.4. The summed E-state index contributed by atoms with van der Waals surface area (Å²) in [5.41, 5.74) is 3.72. The molecule has 2 amide bonds. The molecule has 188 valence electrons. The number of benzene rings is 1. The molecule has 8 heteroatoms. The van der Waals surface area contributed by atoms with Crippen molar-refractivity contribution >= 4 is 11.8 Å². The van der Waals surface area contributed by atoms with Gasteiger partial charge in [0.05, 0.1) is 24.8 Å². The number of amides is 2. The Morgan fingerprint density at radius 3 is 2.64 bits per heavy atom. The summed E-state index contributed by atoms with van der Waals surface area (Å²) in [5.74, 6) is -0.303.